The number of nitrogens with zero attached hydrogens (tertiary/aromatic N) is 3. The molecule has 21 heavy (non-hydrogen) atoms. The summed E-state index contributed by atoms with van der Waals surface area (Å²) < 4.78 is 12.0. The molecule has 1 aromatic carbocycles. The molecule has 110 valence electrons. The van der Waals surface area contributed by atoms with E-state index in [1.807, 2.05) is 52.0 Å². The highest BCUT2D eigenvalue weighted by atomic mass is 16.7. The second-order valence-electron chi connectivity index (χ2n) is 6.48. The highest BCUT2D eigenvalue weighted by Crippen LogP contribution is 2.36. The molecule has 0 spiro atoms. The van der Waals surface area contributed by atoms with Crippen molar-refractivity contribution < 1.29 is 9.31 Å². The van der Waals surface area contributed by atoms with Gasteiger partial charge in [-0.3, -0.25) is 0 Å². The van der Waals surface area contributed by atoms with Crippen molar-refractivity contribution in [1.82, 2.24) is 15.0 Å². The predicted octanol–water partition coefficient (Wildman–Crippen LogP) is 1.87. The quantitative estimate of drug-likeness (QED) is 0.790. The molecule has 1 aliphatic heterocycles. The van der Waals surface area contributed by atoms with E-state index in [4.69, 9.17) is 9.31 Å². The fourth-order valence-electron chi connectivity index (χ4n) is 2.15. The minimum Gasteiger partial charge on any atom is -0.398 e. The van der Waals surface area contributed by atoms with E-state index < -0.39 is 7.12 Å². The van der Waals surface area contributed by atoms with Gasteiger partial charge in [-0.05, 0) is 46.8 Å². The Kier molecular flexibility index (Phi) is 3.18. The van der Waals surface area contributed by atoms with Crippen molar-refractivity contribution in [1.29, 1.82) is 0 Å². The SMILES string of the molecule is Cc1ccc(-n2ncc(B3OC(C)(C)C(C)(C)O3)n2)cc1. The van der Waals surface area contributed by atoms with Crippen molar-refractivity contribution in [2.45, 2.75) is 45.8 Å². The van der Waals surface area contributed by atoms with Crippen LogP contribution >= 0.6 is 0 Å². The summed E-state index contributed by atoms with van der Waals surface area (Å²) in [5.74, 6) is 0. The van der Waals surface area contributed by atoms with Crippen molar-refractivity contribution in [3.05, 3.63) is 36.0 Å². The van der Waals surface area contributed by atoms with Crippen LogP contribution in [-0.2, 0) is 9.31 Å². The molecule has 1 aliphatic rings. The lowest BCUT2D eigenvalue weighted by molar-refractivity contribution is 0.00578. The first kappa shape index (κ1) is 14.3. The van der Waals surface area contributed by atoms with Crippen molar-refractivity contribution >= 4 is 12.7 Å². The third-order valence-electron chi connectivity index (χ3n) is 4.27. The topological polar surface area (TPSA) is 49.2 Å². The summed E-state index contributed by atoms with van der Waals surface area (Å²) in [4.78, 5) is 1.60. The van der Waals surface area contributed by atoms with Gasteiger partial charge in [-0.15, -0.1) is 0 Å². The average Bonchev–Trinajstić information content (AvgIpc) is 2.94. The summed E-state index contributed by atoms with van der Waals surface area (Å²) in [6, 6.07) is 8.05. The molecule has 2 heterocycles. The Hall–Kier alpha value is -1.66. The Balaban J connectivity index is 1.85. The smallest absolute Gasteiger partial charge is 0.398 e. The number of aromatic nitrogens is 3. The first-order valence-electron chi connectivity index (χ1n) is 7.13. The average molecular weight is 285 g/mol. The second-order valence-corrected chi connectivity index (χ2v) is 6.48. The molecule has 0 unspecified atom stereocenters. The van der Waals surface area contributed by atoms with Gasteiger partial charge in [0.25, 0.3) is 0 Å². The van der Waals surface area contributed by atoms with Gasteiger partial charge in [0, 0.05) is 0 Å². The van der Waals surface area contributed by atoms with Gasteiger partial charge in [-0.1, -0.05) is 17.7 Å². The molecular weight excluding hydrogens is 265 g/mol. The van der Waals surface area contributed by atoms with Gasteiger partial charge in [-0.25, -0.2) is 0 Å². The Morgan fingerprint density at radius 3 is 2.14 bits per heavy atom. The third kappa shape index (κ3) is 2.49. The van der Waals surface area contributed by atoms with Gasteiger partial charge in [0.2, 0.25) is 0 Å². The summed E-state index contributed by atoms with van der Waals surface area (Å²) in [6.07, 6.45) is 1.70. The largest absolute Gasteiger partial charge is 0.518 e. The van der Waals surface area contributed by atoms with Crippen LogP contribution in [0.25, 0.3) is 5.69 Å². The molecule has 0 radical (unpaired) electrons. The summed E-state index contributed by atoms with van der Waals surface area (Å²) in [5, 5.41) is 8.78. The van der Waals surface area contributed by atoms with Crippen LogP contribution in [0.3, 0.4) is 0 Å². The van der Waals surface area contributed by atoms with Gasteiger partial charge in [0.15, 0.2) is 0 Å². The summed E-state index contributed by atoms with van der Waals surface area (Å²) in [5.41, 5.74) is 2.08. The molecule has 1 aromatic heterocycles. The fraction of sp³-hybridized carbons (Fsp3) is 0.467. The zero-order chi connectivity index (χ0) is 15.3. The van der Waals surface area contributed by atoms with E-state index in [0.717, 1.165) is 5.69 Å². The van der Waals surface area contributed by atoms with Crippen LogP contribution in [0.4, 0.5) is 0 Å². The van der Waals surface area contributed by atoms with E-state index in [1.165, 1.54) is 5.56 Å². The maximum Gasteiger partial charge on any atom is 0.518 e. The van der Waals surface area contributed by atoms with Crippen LogP contribution in [0.2, 0.25) is 0 Å². The molecule has 2 aromatic rings. The highest BCUT2D eigenvalue weighted by molar-refractivity contribution is 6.61. The minimum absolute atomic E-state index is 0.370. The molecule has 6 heteroatoms. The van der Waals surface area contributed by atoms with Crippen LogP contribution in [-0.4, -0.2) is 33.3 Å². The zero-order valence-corrected chi connectivity index (χ0v) is 13.1. The van der Waals surface area contributed by atoms with Gasteiger partial charge < -0.3 is 9.31 Å². The van der Waals surface area contributed by atoms with E-state index >= 15 is 0 Å². The van der Waals surface area contributed by atoms with Gasteiger partial charge in [-0.2, -0.15) is 15.0 Å². The third-order valence-corrected chi connectivity index (χ3v) is 4.27. The Morgan fingerprint density at radius 2 is 1.57 bits per heavy atom. The number of aryl methyl sites for hydroxylation is 1. The maximum absolute atomic E-state index is 5.98. The maximum atomic E-state index is 5.98. The molecular formula is C15H20BN3O2. The summed E-state index contributed by atoms with van der Waals surface area (Å²) in [6.45, 7) is 10.2. The zero-order valence-electron chi connectivity index (χ0n) is 13.1. The van der Waals surface area contributed by atoms with Gasteiger partial charge >= 0.3 is 7.12 Å². The lowest BCUT2D eigenvalue weighted by atomic mass is 9.86. The predicted molar refractivity (Wildman–Crippen MR) is 81.8 cm³/mol. The van der Waals surface area contributed by atoms with E-state index in [1.54, 1.807) is 11.0 Å². The normalized spacial score (nSPS) is 20.0. The molecule has 0 aliphatic carbocycles. The van der Waals surface area contributed by atoms with E-state index in [9.17, 15) is 0 Å². The molecule has 0 amide bonds. The molecule has 3 rings (SSSR count). The molecule has 1 saturated heterocycles. The van der Waals surface area contributed by atoms with Crippen molar-refractivity contribution in [2.75, 3.05) is 0 Å². The first-order chi connectivity index (χ1) is 9.78. The van der Waals surface area contributed by atoms with Crippen molar-refractivity contribution in [3.63, 3.8) is 0 Å². The van der Waals surface area contributed by atoms with Crippen LogP contribution in [0.5, 0.6) is 0 Å². The second kappa shape index (κ2) is 4.68. The van der Waals surface area contributed by atoms with E-state index in [-0.39, 0.29) is 11.2 Å². The fourth-order valence-corrected chi connectivity index (χ4v) is 2.15. The highest BCUT2D eigenvalue weighted by Gasteiger charge is 2.52. The molecule has 1 fully saturated rings. The van der Waals surface area contributed by atoms with Crippen LogP contribution in [0.1, 0.15) is 33.3 Å². The number of rotatable bonds is 2. The molecule has 0 bridgehead atoms. The Morgan fingerprint density at radius 1 is 1.00 bits per heavy atom. The van der Waals surface area contributed by atoms with Crippen molar-refractivity contribution in [2.24, 2.45) is 0 Å². The van der Waals surface area contributed by atoms with Crippen molar-refractivity contribution in [3.8, 4) is 5.69 Å². The van der Waals surface area contributed by atoms with Crippen LogP contribution in [0, 0.1) is 6.92 Å². The monoisotopic (exact) mass is 285 g/mol. The molecule has 0 saturated carbocycles. The van der Waals surface area contributed by atoms with E-state index in [2.05, 4.69) is 17.1 Å². The standard InChI is InChI=1S/C15H20BN3O2/c1-11-6-8-12(9-7-11)19-17-10-13(18-19)16-20-14(2,3)15(4,5)21-16/h6-10H,1-5H3. The van der Waals surface area contributed by atoms with Gasteiger partial charge in [0.1, 0.15) is 5.59 Å². The Bertz CT molecular complexity index is 633. The van der Waals surface area contributed by atoms with Crippen LogP contribution < -0.4 is 5.59 Å². The number of benzene rings is 1. The lowest BCUT2D eigenvalue weighted by Gasteiger charge is -2.32. The van der Waals surface area contributed by atoms with E-state index in [0.29, 0.717) is 5.59 Å². The molecule has 5 nitrogen and oxygen atoms in total. The van der Waals surface area contributed by atoms with Crippen LogP contribution in [0.15, 0.2) is 30.5 Å². The summed E-state index contributed by atoms with van der Waals surface area (Å²) in [7, 11) is -0.478. The lowest BCUT2D eigenvalue weighted by Crippen LogP contribution is -2.41. The van der Waals surface area contributed by atoms with Gasteiger partial charge in [0.05, 0.1) is 23.1 Å². The minimum atomic E-state index is -0.478. The molecule has 0 N–H and O–H groups in total. The first-order valence-corrected chi connectivity index (χ1v) is 7.13. The number of hydrogen-bond acceptors (Lipinski definition) is 4. The number of hydrogen-bond donors (Lipinski definition) is 0. The molecule has 0 atom stereocenters. The Labute approximate surface area is 125 Å². The summed E-state index contributed by atoms with van der Waals surface area (Å²) >= 11 is 0.